The van der Waals surface area contributed by atoms with Gasteiger partial charge in [0.2, 0.25) is 5.91 Å². The van der Waals surface area contributed by atoms with Crippen LogP contribution in [0.15, 0.2) is 85.2 Å². The summed E-state index contributed by atoms with van der Waals surface area (Å²) in [6, 6.07) is 24.8. The normalized spacial score (nSPS) is 18.0. The van der Waals surface area contributed by atoms with Crippen molar-refractivity contribution in [2.24, 2.45) is 5.92 Å². The van der Waals surface area contributed by atoms with Crippen LogP contribution in [0.3, 0.4) is 0 Å². The van der Waals surface area contributed by atoms with Crippen molar-refractivity contribution in [3.63, 3.8) is 0 Å². The number of rotatable bonds is 6. The quantitative estimate of drug-likeness (QED) is 0.319. The number of aromatic nitrogens is 2. The van der Waals surface area contributed by atoms with Crippen LogP contribution in [0, 0.1) is 5.92 Å². The van der Waals surface area contributed by atoms with E-state index in [4.69, 9.17) is 0 Å². The summed E-state index contributed by atoms with van der Waals surface area (Å²) in [6.45, 7) is 7.57. The number of carbonyl (C=O) groups excluding carboxylic acids is 2. The summed E-state index contributed by atoms with van der Waals surface area (Å²) >= 11 is 0. The van der Waals surface area contributed by atoms with E-state index in [0.717, 1.165) is 40.8 Å². The first-order chi connectivity index (χ1) is 19.8. The van der Waals surface area contributed by atoms with Crippen molar-refractivity contribution in [1.29, 1.82) is 0 Å². The van der Waals surface area contributed by atoms with Gasteiger partial charge in [-0.1, -0.05) is 54.6 Å². The molecule has 1 aliphatic carbocycles. The third kappa shape index (κ3) is 5.89. The van der Waals surface area contributed by atoms with Gasteiger partial charge in [0.25, 0.3) is 0 Å². The largest absolute Gasteiger partial charge is 0.352 e. The number of hydrogen-bond donors (Lipinski definition) is 2. The Labute approximate surface area is 241 Å². The molecule has 210 valence electrons. The van der Waals surface area contributed by atoms with Gasteiger partial charge in [0.1, 0.15) is 0 Å². The van der Waals surface area contributed by atoms with Crippen LogP contribution in [0.2, 0.25) is 0 Å². The molecular formula is C34H37N5O2. The average Bonchev–Trinajstić information content (AvgIpc) is 3.59. The molecule has 0 radical (unpaired) electrons. The van der Waals surface area contributed by atoms with Crippen LogP contribution >= 0.6 is 0 Å². The first-order valence-electron chi connectivity index (χ1n) is 14.4. The fourth-order valence-electron chi connectivity index (χ4n) is 5.85. The zero-order chi connectivity index (χ0) is 28.6. The molecule has 1 fully saturated rings. The molecule has 0 saturated heterocycles. The predicted molar refractivity (Wildman–Crippen MR) is 161 cm³/mol. The number of urea groups is 1. The molecule has 1 unspecified atom stereocenters. The summed E-state index contributed by atoms with van der Waals surface area (Å²) in [7, 11) is 0. The Morgan fingerprint density at radius 3 is 2.56 bits per heavy atom. The Hall–Kier alpha value is -4.39. The lowest BCUT2D eigenvalue weighted by Crippen LogP contribution is -2.50. The van der Waals surface area contributed by atoms with Gasteiger partial charge in [0.05, 0.1) is 5.69 Å². The van der Waals surface area contributed by atoms with Crippen molar-refractivity contribution in [3.05, 3.63) is 107 Å². The van der Waals surface area contributed by atoms with Crippen LogP contribution in [0.25, 0.3) is 16.8 Å². The number of carbonyl (C=O) groups is 2. The van der Waals surface area contributed by atoms with Gasteiger partial charge in [-0.05, 0) is 91.1 Å². The van der Waals surface area contributed by atoms with Crippen LogP contribution in [0.5, 0.6) is 0 Å². The summed E-state index contributed by atoms with van der Waals surface area (Å²) in [5.74, 6) is 0.416. The average molecular weight is 548 g/mol. The lowest BCUT2D eigenvalue weighted by Gasteiger charge is -2.34. The molecule has 7 heteroatoms. The maximum Gasteiger partial charge on any atom is 0.318 e. The second-order valence-electron chi connectivity index (χ2n) is 12.2. The van der Waals surface area contributed by atoms with E-state index in [9.17, 15) is 9.59 Å². The number of hydrogen-bond acceptors (Lipinski definition) is 3. The Morgan fingerprint density at radius 2 is 1.80 bits per heavy atom. The van der Waals surface area contributed by atoms with Crippen LogP contribution in [-0.2, 0) is 24.3 Å². The third-order valence-corrected chi connectivity index (χ3v) is 8.01. The van der Waals surface area contributed by atoms with E-state index in [0.29, 0.717) is 25.6 Å². The lowest BCUT2D eigenvalue weighted by molar-refractivity contribution is -0.122. The van der Waals surface area contributed by atoms with Gasteiger partial charge in [-0.3, -0.25) is 4.79 Å². The first kappa shape index (κ1) is 26.8. The summed E-state index contributed by atoms with van der Waals surface area (Å²) in [5, 5.41) is 10.7. The highest BCUT2D eigenvalue weighted by atomic mass is 16.2. The van der Waals surface area contributed by atoms with E-state index in [-0.39, 0.29) is 23.4 Å². The molecule has 1 aliphatic heterocycles. The molecule has 2 N–H and O–H groups in total. The molecule has 0 bridgehead atoms. The third-order valence-electron chi connectivity index (χ3n) is 8.01. The Bertz CT molecular complexity index is 1560. The van der Waals surface area contributed by atoms with Crippen molar-refractivity contribution in [1.82, 2.24) is 25.3 Å². The number of nitrogens with one attached hydrogen (secondary N) is 2. The summed E-state index contributed by atoms with van der Waals surface area (Å²) in [4.78, 5) is 28.1. The molecule has 4 aromatic rings. The van der Waals surface area contributed by atoms with Crippen molar-refractivity contribution < 1.29 is 9.59 Å². The second-order valence-corrected chi connectivity index (χ2v) is 12.2. The molecule has 2 heterocycles. The number of nitrogens with zero attached hydrogens (tertiary/aromatic N) is 3. The molecule has 3 aromatic carbocycles. The van der Waals surface area contributed by atoms with E-state index in [2.05, 4.69) is 58.2 Å². The monoisotopic (exact) mass is 547 g/mol. The number of benzene rings is 3. The summed E-state index contributed by atoms with van der Waals surface area (Å²) in [6.07, 6.45) is 5.35. The van der Waals surface area contributed by atoms with Gasteiger partial charge < -0.3 is 15.5 Å². The van der Waals surface area contributed by atoms with E-state index in [1.54, 1.807) is 6.20 Å². The highest BCUT2D eigenvalue weighted by Gasteiger charge is 2.43. The zero-order valence-corrected chi connectivity index (χ0v) is 23.9. The van der Waals surface area contributed by atoms with Gasteiger partial charge in [0, 0.05) is 43.5 Å². The molecule has 1 aromatic heterocycles. The molecule has 6 rings (SSSR count). The predicted octanol–water partition coefficient (Wildman–Crippen LogP) is 5.83. The fourth-order valence-corrected chi connectivity index (χ4v) is 5.85. The van der Waals surface area contributed by atoms with Crippen molar-refractivity contribution >= 4 is 11.9 Å². The molecule has 2 atom stereocenters. The lowest BCUT2D eigenvalue weighted by atomic mass is 9.87. The second kappa shape index (κ2) is 10.9. The van der Waals surface area contributed by atoms with Gasteiger partial charge in [-0.25, -0.2) is 9.48 Å². The Kier molecular flexibility index (Phi) is 7.12. The van der Waals surface area contributed by atoms with Gasteiger partial charge in [-0.15, -0.1) is 0 Å². The smallest absolute Gasteiger partial charge is 0.318 e. The summed E-state index contributed by atoms with van der Waals surface area (Å²) in [5.41, 5.74) is 7.60. The molecule has 1 saturated carbocycles. The first-order valence-corrected chi connectivity index (χ1v) is 14.4. The van der Waals surface area contributed by atoms with Gasteiger partial charge >= 0.3 is 6.03 Å². The van der Waals surface area contributed by atoms with Crippen LogP contribution in [0.4, 0.5) is 4.79 Å². The SMILES string of the molecule is CC(C)(C)NC(=O)N1CCc2c(-c3cccc(-n4cccn4)c3)ccc(CNC(=O)C3C[C@@H]3c3ccccc3)c2C1. The number of fused-ring (bicyclic) bond motifs is 1. The van der Waals surface area contributed by atoms with E-state index in [1.807, 2.05) is 66.9 Å². The Balaban J connectivity index is 1.27. The topological polar surface area (TPSA) is 79.3 Å². The minimum absolute atomic E-state index is 0.0200. The van der Waals surface area contributed by atoms with Gasteiger partial charge in [0.15, 0.2) is 0 Å². The zero-order valence-electron chi connectivity index (χ0n) is 23.9. The highest BCUT2D eigenvalue weighted by molar-refractivity contribution is 5.83. The molecule has 0 spiro atoms. The highest BCUT2D eigenvalue weighted by Crippen LogP contribution is 2.47. The fraction of sp³-hybridized carbons (Fsp3) is 0.324. The maximum atomic E-state index is 13.1. The van der Waals surface area contributed by atoms with Gasteiger partial charge in [-0.2, -0.15) is 5.10 Å². The van der Waals surface area contributed by atoms with Crippen LogP contribution in [-0.4, -0.2) is 38.7 Å². The minimum Gasteiger partial charge on any atom is -0.352 e. The molecular weight excluding hydrogens is 510 g/mol. The van der Waals surface area contributed by atoms with Crippen molar-refractivity contribution in [2.45, 2.75) is 58.2 Å². The molecule has 41 heavy (non-hydrogen) atoms. The van der Waals surface area contributed by atoms with E-state index < -0.39 is 0 Å². The summed E-state index contributed by atoms with van der Waals surface area (Å²) < 4.78 is 1.86. The maximum absolute atomic E-state index is 13.1. The van der Waals surface area contributed by atoms with Crippen LogP contribution < -0.4 is 10.6 Å². The molecule has 3 amide bonds. The van der Waals surface area contributed by atoms with E-state index >= 15 is 0 Å². The molecule has 2 aliphatic rings. The Morgan fingerprint density at radius 1 is 0.976 bits per heavy atom. The van der Waals surface area contributed by atoms with Crippen molar-refractivity contribution in [2.75, 3.05) is 6.54 Å². The standard InChI is InChI=1S/C34H37N5O2/c1-34(2,3)37-33(41)38-18-15-28-27(24-11-7-12-26(19-24)39-17-8-16-36-39)14-13-25(31(28)22-38)21-35-32(40)30-20-29(30)23-9-5-4-6-10-23/h4-14,16-17,19,29-30H,15,18,20-22H2,1-3H3,(H,35,40)(H,37,41)/t29-,30?/m1/s1. The minimum atomic E-state index is -0.317. The van der Waals surface area contributed by atoms with Crippen molar-refractivity contribution in [3.8, 4) is 16.8 Å². The molecule has 7 nitrogen and oxygen atoms in total. The number of amides is 3. The van der Waals surface area contributed by atoms with E-state index in [1.165, 1.54) is 11.1 Å². The van der Waals surface area contributed by atoms with Crippen LogP contribution in [0.1, 0.15) is 55.4 Å².